The number of aliphatic carboxylic acids is 1. The maximum Gasteiger partial charge on any atom is 0.344 e. The van der Waals surface area contributed by atoms with Gasteiger partial charge in [0.15, 0.2) is 11.9 Å². The van der Waals surface area contributed by atoms with Crippen LogP contribution in [0.1, 0.15) is 24.7 Å². The SMILES string of the molecule is COCCc1nc2c(N)nc3ccccc3c2n1CCCN(Cc1cccc(OC(C)C(=O)O)c1)C(=O)CN(C)C. The molecule has 0 fully saturated rings. The van der Waals surface area contributed by atoms with Gasteiger partial charge < -0.3 is 34.7 Å². The normalized spacial score (nSPS) is 12.2. The topological polar surface area (TPSA) is 136 Å². The van der Waals surface area contributed by atoms with Crippen LogP contribution in [0.25, 0.3) is 21.9 Å². The van der Waals surface area contributed by atoms with Crippen molar-refractivity contribution in [1.29, 1.82) is 0 Å². The molecular formula is C30H38N6O5. The van der Waals surface area contributed by atoms with Gasteiger partial charge in [0, 0.05) is 38.6 Å². The van der Waals surface area contributed by atoms with Gasteiger partial charge in [-0.05, 0) is 51.2 Å². The molecule has 218 valence electrons. The van der Waals surface area contributed by atoms with Crippen molar-refractivity contribution in [2.24, 2.45) is 0 Å². The third kappa shape index (κ3) is 7.30. The Morgan fingerprint density at radius 3 is 2.63 bits per heavy atom. The highest BCUT2D eigenvalue weighted by Gasteiger charge is 2.20. The van der Waals surface area contributed by atoms with Gasteiger partial charge in [0.25, 0.3) is 0 Å². The lowest BCUT2D eigenvalue weighted by atomic mass is 10.1. The number of hydrogen-bond donors (Lipinski definition) is 2. The number of likely N-dealkylation sites (N-methyl/N-ethyl adjacent to an activating group) is 1. The van der Waals surface area contributed by atoms with E-state index in [0.717, 1.165) is 27.8 Å². The van der Waals surface area contributed by atoms with Gasteiger partial charge in [-0.15, -0.1) is 0 Å². The number of para-hydroxylation sites is 1. The van der Waals surface area contributed by atoms with Crippen molar-refractivity contribution in [3.8, 4) is 5.75 Å². The number of imidazole rings is 1. The molecule has 0 aliphatic rings. The van der Waals surface area contributed by atoms with Crippen molar-refractivity contribution in [3.05, 3.63) is 59.9 Å². The number of methoxy groups -OCH3 is 1. The number of carboxylic acids is 1. The van der Waals surface area contributed by atoms with Crippen LogP contribution in [-0.2, 0) is 33.8 Å². The lowest BCUT2D eigenvalue weighted by Gasteiger charge is -2.25. The molecule has 0 bridgehead atoms. The second-order valence-corrected chi connectivity index (χ2v) is 10.3. The number of amides is 1. The highest BCUT2D eigenvalue weighted by molar-refractivity contribution is 6.06. The number of nitrogen functional groups attached to an aromatic ring is 1. The quantitative estimate of drug-likeness (QED) is 0.237. The lowest BCUT2D eigenvalue weighted by molar-refractivity contribution is -0.144. The lowest BCUT2D eigenvalue weighted by Crippen LogP contribution is -2.38. The summed E-state index contributed by atoms with van der Waals surface area (Å²) in [4.78, 5) is 37.5. The number of ether oxygens (including phenoxy) is 2. The van der Waals surface area contributed by atoms with Crippen molar-refractivity contribution in [2.45, 2.75) is 39.0 Å². The van der Waals surface area contributed by atoms with Crippen LogP contribution in [0.2, 0.25) is 0 Å². The molecule has 41 heavy (non-hydrogen) atoms. The van der Waals surface area contributed by atoms with Crippen LogP contribution in [0.5, 0.6) is 5.75 Å². The van der Waals surface area contributed by atoms with E-state index in [9.17, 15) is 14.7 Å². The Morgan fingerprint density at radius 2 is 1.90 bits per heavy atom. The maximum absolute atomic E-state index is 13.3. The Balaban J connectivity index is 1.59. The summed E-state index contributed by atoms with van der Waals surface area (Å²) in [6.45, 7) is 3.76. The summed E-state index contributed by atoms with van der Waals surface area (Å²) in [5.41, 5.74) is 9.58. The third-order valence-corrected chi connectivity index (χ3v) is 6.77. The fourth-order valence-electron chi connectivity index (χ4n) is 4.80. The Kier molecular flexibility index (Phi) is 9.74. The summed E-state index contributed by atoms with van der Waals surface area (Å²) >= 11 is 0. The van der Waals surface area contributed by atoms with Gasteiger partial charge in [-0.25, -0.2) is 14.8 Å². The Bertz CT molecular complexity index is 1520. The van der Waals surface area contributed by atoms with E-state index in [4.69, 9.17) is 20.2 Å². The summed E-state index contributed by atoms with van der Waals surface area (Å²) in [7, 11) is 5.39. The molecule has 0 spiro atoms. The first kappa shape index (κ1) is 29.8. The minimum absolute atomic E-state index is 0.00536. The van der Waals surface area contributed by atoms with Gasteiger partial charge >= 0.3 is 5.97 Å². The van der Waals surface area contributed by atoms with E-state index in [2.05, 4.69) is 9.55 Å². The summed E-state index contributed by atoms with van der Waals surface area (Å²) < 4.78 is 13.0. The summed E-state index contributed by atoms with van der Waals surface area (Å²) in [6.07, 6.45) is 0.311. The first-order valence-electron chi connectivity index (χ1n) is 13.6. The first-order chi connectivity index (χ1) is 19.7. The van der Waals surface area contributed by atoms with Crippen molar-refractivity contribution >= 4 is 39.6 Å². The molecule has 2 aromatic heterocycles. The van der Waals surface area contributed by atoms with Gasteiger partial charge in [0.1, 0.15) is 17.1 Å². The number of carbonyl (C=O) groups excluding carboxylic acids is 1. The molecule has 11 nitrogen and oxygen atoms in total. The highest BCUT2D eigenvalue weighted by atomic mass is 16.5. The van der Waals surface area contributed by atoms with E-state index in [-0.39, 0.29) is 12.5 Å². The molecule has 0 radical (unpaired) electrons. The molecule has 0 aliphatic heterocycles. The van der Waals surface area contributed by atoms with E-state index < -0.39 is 12.1 Å². The van der Waals surface area contributed by atoms with Gasteiger partial charge in [-0.2, -0.15) is 0 Å². The van der Waals surface area contributed by atoms with Gasteiger partial charge in [0.05, 0.1) is 24.2 Å². The number of carbonyl (C=O) groups is 2. The van der Waals surface area contributed by atoms with Crippen LogP contribution in [-0.4, -0.2) is 88.3 Å². The minimum Gasteiger partial charge on any atom is -0.479 e. The zero-order valence-electron chi connectivity index (χ0n) is 24.0. The molecule has 2 heterocycles. The second kappa shape index (κ2) is 13.4. The van der Waals surface area contributed by atoms with E-state index in [1.807, 2.05) is 54.2 Å². The van der Waals surface area contributed by atoms with Crippen LogP contribution in [0, 0.1) is 0 Å². The zero-order chi connectivity index (χ0) is 29.5. The molecule has 0 aliphatic carbocycles. The molecule has 2 aromatic carbocycles. The average Bonchev–Trinajstić information content (AvgIpc) is 3.30. The maximum atomic E-state index is 13.3. The fraction of sp³-hybridized carbons (Fsp3) is 0.400. The summed E-state index contributed by atoms with van der Waals surface area (Å²) in [5.74, 6) is 0.645. The first-order valence-corrected chi connectivity index (χ1v) is 13.6. The average molecular weight is 563 g/mol. The second-order valence-electron chi connectivity index (χ2n) is 10.3. The van der Waals surface area contributed by atoms with Crippen molar-refractivity contribution < 1.29 is 24.2 Å². The van der Waals surface area contributed by atoms with Gasteiger partial charge in [-0.1, -0.05) is 30.3 Å². The number of nitrogens with zero attached hydrogens (tertiary/aromatic N) is 5. The Labute approximate surface area is 239 Å². The number of anilines is 1. The van der Waals surface area contributed by atoms with Crippen LogP contribution in [0.15, 0.2) is 48.5 Å². The van der Waals surface area contributed by atoms with Crippen molar-refractivity contribution in [2.75, 3.05) is 46.6 Å². The summed E-state index contributed by atoms with van der Waals surface area (Å²) in [5, 5.41) is 10.2. The number of aryl methyl sites for hydroxylation is 1. The molecule has 0 saturated carbocycles. The van der Waals surface area contributed by atoms with E-state index in [0.29, 0.717) is 56.2 Å². The molecule has 4 rings (SSSR count). The molecule has 3 N–H and O–H groups in total. The number of rotatable bonds is 14. The fourth-order valence-corrected chi connectivity index (χ4v) is 4.80. The molecular weight excluding hydrogens is 524 g/mol. The highest BCUT2D eigenvalue weighted by Crippen LogP contribution is 2.29. The van der Waals surface area contributed by atoms with E-state index in [1.165, 1.54) is 6.92 Å². The van der Waals surface area contributed by atoms with Crippen molar-refractivity contribution in [1.82, 2.24) is 24.3 Å². The van der Waals surface area contributed by atoms with Gasteiger partial charge in [-0.3, -0.25) is 4.79 Å². The number of aromatic nitrogens is 3. The predicted octanol–water partition coefficient (Wildman–Crippen LogP) is 3.19. The number of benzene rings is 2. The van der Waals surface area contributed by atoms with E-state index in [1.54, 1.807) is 25.3 Å². The summed E-state index contributed by atoms with van der Waals surface area (Å²) in [6, 6.07) is 15.1. The van der Waals surface area contributed by atoms with Gasteiger partial charge in [0.2, 0.25) is 5.91 Å². The molecule has 1 unspecified atom stereocenters. The Hall–Kier alpha value is -4.22. The smallest absolute Gasteiger partial charge is 0.344 e. The van der Waals surface area contributed by atoms with Crippen LogP contribution in [0.3, 0.4) is 0 Å². The minimum atomic E-state index is -1.04. The van der Waals surface area contributed by atoms with E-state index >= 15 is 0 Å². The molecule has 4 aromatic rings. The zero-order valence-corrected chi connectivity index (χ0v) is 24.0. The monoisotopic (exact) mass is 562 g/mol. The number of pyridine rings is 1. The third-order valence-electron chi connectivity index (χ3n) is 6.77. The largest absolute Gasteiger partial charge is 0.479 e. The van der Waals surface area contributed by atoms with Crippen molar-refractivity contribution in [3.63, 3.8) is 0 Å². The predicted molar refractivity (Wildman–Crippen MR) is 158 cm³/mol. The molecule has 0 saturated heterocycles. The van der Waals surface area contributed by atoms with Crippen LogP contribution >= 0.6 is 0 Å². The Morgan fingerprint density at radius 1 is 1.12 bits per heavy atom. The molecule has 1 amide bonds. The number of fused-ring (bicyclic) bond motifs is 3. The number of hydrogen-bond acceptors (Lipinski definition) is 8. The van der Waals surface area contributed by atoms with Crippen LogP contribution in [0.4, 0.5) is 5.82 Å². The molecule has 11 heteroatoms. The number of carboxylic acid groups (broad SMARTS) is 1. The standard InChI is InChI=1S/C30H38N6O5/c1-20(30(38)39)41-22-10-7-9-21(17-22)18-35(26(37)19-34(2)3)14-8-15-36-25(13-16-40-4)33-27-28(36)23-11-5-6-12-24(23)32-29(27)31/h5-7,9-12,17,20H,8,13-16,18-19H2,1-4H3,(H2,31,32)(H,38,39). The molecule has 1 atom stereocenters. The van der Waals surface area contributed by atoms with Crippen LogP contribution < -0.4 is 10.5 Å². The number of nitrogens with two attached hydrogens (primary N) is 1.